The number of carbonyl (C=O) groups is 2. The Morgan fingerprint density at radius 2 is 1.96 bits per heavy atom. The molecule has 0 unspecified atom stereocenters. The molecule has 0 radical (unpaired) electrons. The van der Waals surface area contributed by atoms with Crippen molar-refractivity contribution in [3.63, 3.8) is 0 Å². The maximum atomic E-state index is 12.5. The van der Waals surface area contributed by atoms with Crippen molar-refractivity contribution in [1.29, 1.82) is 0 Å². The van der Waals surface area contributed by atoms with E-state index < -0.39 is 6.10 Å². The number of anilines is 2. The summed E-state index contributed by atoms with van der Waals surface area (Å²) in [4.78, 5) is 23.8. The predicted octanol–water partition coefficient (Wildman–Crippen LogP) is 3.97. The van der Waals surface area contributed by atoms with Crippen LogP contribution in [0.2, 0.25) is 5.02 Å². The van der Waals surface area contributed by atoms with Crippen molar-refractivity contribution in [1.82, 2.24) is 0 Å². The molecule has 0 aliphatic heterocycles. The van der Waals surface area contributed by atoms with Crippen LogP contribution in [0.4, 0.5) is 11.4 Å². The predicted molar refractivity (Wildman–Crippen MR) is 91.8 cm³/mol. The Bertz CT molecular complexity index is 571. The van der Waals surface area contributed by atoms with Crippen molar-refractivity contribution >= 4 is 34.8 Å². The monoisotopic (exact) mass is 338 g/mol. The van der Waals surface area contributed by atoms with E-state index in [1.165, 1.54) is 6.92 Å². The zero-order chi connectivity index (χ0) is 16.8. The molecule has 2 N–H and O–H groups in total. The fourth-order valence-corrected chi connectivity index (χ4v) is 2.90. The highest BCUT2D eigenvalue weighted by atomic mass is 35.5. The summed E-state index contributed by atoms with van der Waals surface area (Å²) in [6.07, 6.45) is 4.60. The van der Waals surface area contributed by atoms with Crippen LogP contribution in [0, 0.1) is 0 Å². The van der Waals surface area contributed by atoms with Crippen LogP contribution >= 0.6 is 11.6 Å². The van der Waals surface area contributed by atoms with Crippen LogP contribution in [0.1, 0.15) is 46.0 Å². The van der Waals surface area contributed by atoms with E-state index in [2.05, 4.69) is 10.6 Å². The number of carbonyl (C=O) groups excluding carboxylic acids is 2. The van der Waals surface area contributed by atoms with Gasteiger partial charge in [0.2, 0.25) is 5.91 Å². The summed E-state index contributed by atoms with van der Waals surface area (Å²) in [6.45, 7) is 3.34. The van der Waals surface area contributed by atoms with Gasteiger partial charge in [0.15, 0.2) is 0 Å². The zero-order valence-electron chi connectivity index (χ0n) is 13.5. The van der Waals surface area contributed by atoms with Crippen LogP contribution < -0.4 is 10.6 Å². The highest BCUT2D eigenvalue weighted by Gasteiger charge is 2.25. The smallest absolute Gasteiger partial charge is 0.253 e. The first kappa shape index (κ1) is 17.8. The first-order valence-electron chi connectivity index (χ1n) is 8.03. The minimum Gasteiger partial charge on any atom is -0.365 e. The van der Waals surface area contributed by atoms with Gasteiger partial charge in [0.05, 0.1) is 17.5 Å². The van der Waals surface area contributed by atoms with Crippen LogP contribution in [-0.2, 0) is 14.3 Å². The lowest BCUT2D eigenvalue weighted by Gasteiger charge is -2.21. The first-order valence-corrected chi connectivity index (χ1v) is 8.41. The van der Waals surface area contributed by atoms with Gasteiger partial charge in [-0.05, 0) is 37.5 Å². The fourth-order valence-electron chi connectivity index (χ4n) is 2.73. The number of hydrogen-bond acceptors (Lipinski definition) is 3. The minimum atomic E-state index is -0.498. The van der Waals surface area contributed by atoms with E-state index in [1.54, 1.807) is 18.2 Å². The standard InChI is InChI=1S/C17H23ClN2O3/c1-3-16(23-13-6-4-5-7-13)17(22)20-15-10-12(18)8-9-14(15)19-11(2)21/h8-10,13,16H,3-7H2,1-2H3,(H,19,21)(H,20,22)/t16-/m0/s1. The molecule has 1 fully saturated rings. The van der Waals surface area contributed by atoms with Crippen molar-refractivity contribution in [3.05, 3.63) is 23.2 Å². The summed E-state index contributed by atoms with van der Waals surface area (Å²) in [5.41, 5.74) is 0.997. The Morgan fingerprint density at radius 3 is 2.57 bits per heavy atom. The van der Waals surface area contributed by atoms with Gasteiger partial charge in [0.1, 0.15) is 6.10 Å². The quantitative estimate of drug-likeness (QED) is 0.824. The highest BCUT2D eigenvalue weighted by molar-refractivity contribution is 6.31. The van der Waals surface area contributed by atoms with E-state index in [0.717, 1.165) is 25.7 Å². The molecule has 0 spiro atoms. The molecular weight excluding hydrogens is 316 g/mol. The van der Waals surface area contributed by atoms with Crippen molar-refractivity contribution in [2.75, 3.05) is 10.6 Å². The summed E-state index contributed by atoms with van der Waals surface area (Å²) >= 11 is 5.99. The molecule has 1 aromatic carbocycles. The van der Waals surface area contributed by atoms with Gasteiger partial charge in [0.25, 0.3) is 5.91 Å². The molecule has 2 rings (SSSR count). The average molecular weight is 339 g/mol. The number of benzene rings is 1. The molecule has 1 aliphatic rings. The Labute approximate surface area is 141 Å². The maximum Gasteiger partial charge on any atom is 0.253 e. The molecule has 1 aromatic rings. The van der Waals surface area contributed by atoms with Gasteiger partial charge < -0.3 is 15.4 Å². The lowest BCUT2D eigenvalue weighted by Crippen LogP contribution is -2.33. The Balaban J connectivity index is 2.07. The first-order chi connectivity index (χ1) is 11.0. The van der Waals surface area contributed by atoms with Gasteiger partial charge in [0, 0.05) is 11.9 Å². The third kappa shape index (κ3) is 5.22. The normalized spacial score (nSPS) is 16.1. The van der Waals surface area contributed by atoms with Crippen molar-refractivity contribution < 1.29 is 14.3 Å². The molecule has 6 heteroatoms. The molecule has 0 bridgehead atoms. The summed E-state index contributed by atoms with van der Waals surface area (Å²) in [5, 5.41) is 5.99. The molecule has 23 heavy (non-hydrogen) atoms. The zero-order valence-corrected chi connectivity index (χ0v) is 14.3. The van der Waals surface area contributed by atoms with Crippen LogP contribution in [0.25, 0.3) is 0 Å². The highest BCUT2D eigenvalue weighted by Crippen LogP contribution is 2.27. The van der Waals surface area contributed by atoms with Crippen molar-refractivity contribution in [2.24, 2.45) is 0 Å². The van der Waals surface area contributed by atoms with E-state index in [-0.39, 0.29) is 17.9 Å². The maximum absolute atomic E-state index is 12.5. The lowest BCUT2D eigenvalue weighted by molar-refractivity contribution is -0.131. The van der Waals surface area contributed by atoms with E-state index in [4.69, 9.17) is 16.3 Å². The van der Waals surface area contributed by atoms with E-state index in [0.29, 0.717) is 22.8 Å². The van der Waals surface area contributed by atoms with Crippen molar-refractivity contribution in [3.8, 4) is 0 Å². The average Bonchev–Trinajstić information content (AvgIpc) is 3.00. The Kier molecular flexibility index (Phi) is 6.42. The number of hydrogen-bond donors (Lipinski definition) is 2. The third-order valence-electron chi connectivity index (χ3n) is 3.87. The number of ether oxygens (including phenoxy) is 1. The molecule has 1 aliphatic carbocycles. The largest absolute Gasteiger partial charge is 0.365 e. The third-order valence-corrected chi connectivity index (χ3v) is 4.11. The SMILES string of the molecule is CC[C@H](OC1CCCC1)C(=O)Nc1cc(Cl)ccc1NC(C)=O. The molecule has 5 nitrogen and oxygen atoms in total. The molecule has 0 heterocycles. The lowest BCUT2D eigenvalue weighted by atomic mass is 10.2. The molecule has 1 saturated carbocycles. The van der Waals surface area contributed by atoms with Crippen LogP contribution in [0.3, 0.4) is 0 Å². The summed E-state index contributed by atoms with van der Waals surface area (Å²) in [6, 6.07) is 4.94. The van der Waals surface area contributed by atoms with Gasteiger partial charge in [-0.1, -0.05) is 31.4 Å². The second-order valence-corrected chi connectivity index (χ2v) is 6.24. The molecule has 126 valence electrons. The van der Waals surface area contributed by atoms with Gasteiger partial charge in [-0.2, -0.15) is 0 Å². The van der Waals surface area contributed by atoms with Crippen LogP contribution in [0.15, 0.2) is 18.2 Å². The van der Waals surface area contributed by atoms with Gasteiger partial charge in [-0.15, -0.1) is 0 Å². The number of rotatable bonds is 6. The number of amides is 2. The van der Waals surface area contributed by atoms with Crippen LogP contribution in [-0.4, -0.2) is 24.0 Å². The van der Waals surface area contributed by atoms with Gasteiger partial charge in [-0.25, -0.2) is 0 Å². The molecular formula is C17H23ClN2O3. The van der Waals surface area contributed by atoms with Crippen LogP contribution in [0.5, 0.6) is 0 Å². The van der Waals surface area contributed by atoms with Crippen molar-refractivity contribution in [2.45, 2.75) is 58.2 Å². The molecule has 0 aromatic heterocycles. The van der Waals surface area contributed by atoms with E-state index in [9.17, 15) is 9.59 Å². The summed E-state index contributed by atoms with van der Waals surface area (Å²) in [5.74, 6) is -0.426. The van der Waals surface area contributed by atoms with E-state index >= 15 is 0 Å². The molecule has 2 amide bonds. The van der Waals surface area contributed by atoms with Gasteiger partial charge >= 0.3 is 0 Å². The molecule has 0 saturated heterocycles. The second-order valence-electron chi connectivity index (χ2n) is 5.80. The topological polar surface area (TPSA) is 67.4 Å². The molecule has 1 atom stereocenters. The second kappa shape index (κ2) is 8.31. The number of nitrogens with one attached hydrogen (secondary N) is 2. The summed E-state index contributed by atoms with van der Waals surface area (Å²) in [7, 11) is 0. The number of halogens is 1. The van der Waals surface area contributed by atoms with Gasteiger partial charge in [-0.3, -0.25) is 9.59 Å². The fraction of sp³-hybridized carbons (Fsp3) is 0.529. The minimum absolute atomic E-state index is 0.167. The van der Waals surface area contributed by atoms with E-state index in [1.807, 2.05) is 6.92 Å². The summed E-state index contributed by atoms with van der Waals surface area (Å²) < 4.78 is 5.91. The Morgan fingerprint density at radius 1 is 1.26 bits per heavy atom. The Hall–Kier alpha value is -1.59.